The van der Waals surface area contributed by atoms with Gasteiger partial charge in [0.1, 0.15) is 12.4 Å². The van der Waals surface area contributed by atoms with E-state index in [4.69, 9.17) is 14.2 Å². The molecule has 0 aromatic heterocycles. The molecule has 1 aliphatic rings. The first-order valence-corrected chi connectivity index (χ1v) is 12.2. The van der Waals surface area contributed by atoms with Gasteiger partial charge >= 0.3 is 18.0 Å². The van der Waals surface area contributed by atoms with Gasteiger partial charge in [0.05, 0.1) is 30.5 Å². The number of hydrogen-bond acceptors (Lipinski definition) is 6. The third-order valence-electron chi connectivity index (χ3n) is 5.70. The monoisotopic (exact) mass is 510 g/mol. The Bertz CT molecular complexity index is 1150. The lowest BCUT2D eigenvalue weighted by atomic mass is 9.94. The molecule has 0 aliphatic carbocycles. The zero-order valence-corrected chi connectivity index (χ0v) is 21.6. The number of rotatable bonds is 11. The van der Waals surface area contributed by atoms with Gasteiger partial charge in [-0.3, -0.25) is 4.90 Å². The van der Waals surface area contributed by atoms with Crippen molar-refractivity contribution in [2.24, 2.45) is 0 Å². The molecule has 3 rings (SSSR count). The predicted molar refractivity (Wildman–Crippen MR) is 140 cm³/mol. The lowest BCUT2D eigenvalue weighted by molar-refractivity contribution is -0.140. The summed E-state index contributed by atoms with van der Waals surface area (Å²) in [5.74, 6) is 0.0250. The molecule has 0 bridgehead atoms. The summed E-state index contributed by atoms with van der Waals surface area (Å²) in [6.07, 6.45) is 0.725. The van der Waals surface area contributed by atoms with E-state index in [1.54, 1.807) is 49.4 Å². The number of carbonyl (C=O) groups excluding carboxylic acids is 3. The first-order chi connectivity index (χ1) is 17.9. The van der Waals surface area contributed by atoms with Crippen LogP contribution in [0.4, 0.5) is 21.0 Å². The fraction of sp³-hybridized carbons (Fsp3) is 0.370. The largest absolute Gasteiger partial charge is 0.492 e. The fourth-order valence-corrected chi connectivity index (χ4v) is 4.02. The highest BCUT2D eigenvalue weighted by Crippen LogP contribution is 2.32. The number of esters is 1. The van der Waals surface area contributed by atoms with Gasteiger partial charge in [-0.25, -0.2) is 14.4 Å². The molecule has 1 aliphatic heterocycles. The van der Waals surface area contributed by atoms with Crippen molar-refractivity contribution in [3.63, 3.8) is 0 Å². The summed E-state index contributed by atoms with van der Waals surface area (Å²) in [5.41, 5.74) is 2.50. The number of carbonyl (C=O) groups is 3. The van der Waals surface area contributed by atoms with Gasteiger partial charge in [-0.15, -0.1) is 0 Å². The molecule has 1 unspecified atom stereocenters. The number of ether oxygens (including phenoxy) is 3. The summed E-state index contributed by atoms with van der Waals surface area (Å²) in [5, 5.41) is 8.50. The molecule has 10 heteroatoms. The molecule has 0 spiro atoms. The minimum Gasteiger partial charge on any atom is -0.492 e. The van der Waals surface area contributed by atoms with E-state index in [0.717, 1.165) is 6.42 Å². The van der Waals surface area contributed by atoms with Crippen LogP contribution in [0.1, 0.15) is 38.8 Å². The summed E-state index contributed by atoms with van der Waals surface area (Å²) in [6.45, 7) is 6.83. The topological polar surface area (TPSA) is 118 Å². The van der Waals surface area contributed by atoms with Crippen LogP contribution in [0.2, 0.25) is 0 Å². The third kappa shape index (κ3) is 7.01. The van der Waals surface area contributed by atoms with Gasteiger partial charge in [0.15, 0.2) is 0 Å². The molecule has 4 amide bonds. The Hall–Kier alpha value is -4.05. The Balaban J connectivity index is 1.85. The summed E-state index contributed by atoms with van der Waals surface area (Å²) in [7, 11) is 1.52. The first kappa shape index (κ1) is 27.5. The van der Waals surface area contributed by atoms with Crippen LogP contribution in [-0.4, -0.2) is 56.4 Å². The maximum Gasteiger partial charge on any atom is 0.338 e. The summed E-state index contributed by atoms with van der Waals surface area (Å²) in [6, 6.07) is 12.6. The Morgan fingerprint density at radius 2 is 1.84 bits per heavy atom. The van der Waals surface area contributed by atoms with Gasteiger partial charge < -0.3 is 30.2 Å². The van der Waals surface area contributed by atoms with Crippen LogP contribution in [0.15, 0.2) is 59.8 Å². The molecule has 10 nitrogen and oxygen atoms in total. The maximum atomic E-state index is 13.1. The number of hydrogen-bond donors (Lipinski definition) is 3. The number of nitrogens with one attached hydrogen (secondary N) is 3. The van der Waals surface area contributed by atoms with Crippen molar-refractivity contribution >= 4 is 29.4 Å². The van der Waals surface area contributed by atoms with E-state index in [-0.39, 0.29) is 19.2 Å². The number of methoxy groups -OCH3 is 1. The number of amides is 4. The smallest absolute Gasteiger partial charge is 0.338 e. The molecule has 0 saturated heterocycles. The van der Waals surface area contributed by atoms with Crippen molar-refractivity contribution < 1.29 is 28.6 Å². The van der Waals surface area contributed by atoms with Crippen molar-refractivity contribution in [3.8, 4) is 5.75 Å². The van der Waals surface area contributed by atoms with Crippen LogP contribution < -0.4 is 20.7 Å². The van der Waals surface area contributed by atoms with Crippen molar-refractivity contribution in [3.05, 3.63) is 65.4 Å². The number of para-hydroxylation sites is 2. The normalized spacial score (nSPS) is 15.2. The lowest BCUT2D eigenvalue weighted by Crippen LogP contribution is -2.48. The number of urea groups is 2. The molecule has 37 heavy (non-hydrogen) atoms. The molecule has 2 aromatic carbocycles. The van der Waals surface area contributed by atoms with Crippen molar-refractivity contribution in [1.82, 2.24) is 10.2 Å². The number of anilines is 2. The number of allylic oxidation sites excluding steroid dienone is 1. The Labute approximate surface area is 217 Å². The molecule has 2 aromatic rings. The quantitative estimate of drug-likeness (QED) is 0.299. The van der Waals surface area contributed by atoms with Crippen LogP contribution in [0.25, 0.3) is 0 Å². The highest BCUT2D eigenvalue weighted by molar-refractivity contribution is 6.01. The van der Waals surface area contributed by atoms with E-state index in [2.05, 4.69) is 16.0 Å². The van der Waals surface area contributed by atoms with E-state index < -0.39 is 18.0 Å². The van der Waals surface area contributed by atoms with Crippen LogP contribution in [-0.2, 0) is 14.3 Å². The molecule has 1 heterocycles. The van der Waals surface area contributed by atoms with Gasteiger partial charge in [-0.1, -0.05) is 31.2 Å². The molecule has 198 valence electrons. The van der Waals surface area contributed by atoms with E-state index in [9.17, 15) is 14.4 Å². The molecule has 0 fully saturated rings. The van der Waals surface area contributed by atoms with E-state index >= 15 is 0 Å². The standard InChI is InChI=1S/C27H34N4O6/c1-5-14-31-18(3)23(25(32)37-16-15-35-4)24(30-27(31)34)19-10-9-11-20(17-19)28-26(33)29-21-12-7-8-13-22(21)36-6-2/h7-13,17,24H,5-6,14-16H2,1-4H3,(H,30,34)(H2,28,29,33). The SMILES string of the molecule is CCCN1C(=O)NC(c2cccc(NC(=O)Nc3ccccc3OCC)c2)C(C(=O)OCCOC)=C1C. The van der Waals surface area contributed by atoms with Crippen LogP contribution in [0.3, 0.4) is 0 Å². The predicted octanol–water partition coefficient (Wildman–Crippen LogP) is 4.67. The van der Waals surface area contributed by atoms with Crippen molar-refractivity contribution in [2.45, 2.75) is 33.2 Å². The van der Waals surface area contributed by atoms with E-state index in [0.29, 0.717) is 47.1 Å². The molecule has 0 radical (unpaired) electrons. The van der Waals surface area contributed by atoms with Crippen LogP contribution in [0, 0.1) is 0 Å². The third-order valence-corrected chi connectivity index (χ3v) is 5.70. The van der Waals surface area contributed by atoms with Crippen LogP contribution in [0.5, 0.6) is 5.75 Å². The molecular weight excluding hydrogens is 476 g/mol. The van der Waals surface area contributed by atoms with Gasteiger partial charge in [-0.05, 0) is 50.1 Å². The lowest BCUT2D eigenvalue weighted by Gasteiger charge is -2.35. The van der Waals surface area contributed by atoms with E-state index in [1.165, 1.54) is 12.0 Å². The summed E-state index contributed by atoms with van der Waals surface area (Å²) < 4.78 is 15.9. The van der Waals surface area contributed by atoms with Gasteiger partial charge in [0.25, 0.3) is 0 Å². The highest BCUT2D eigenvalue weighted by Gasteiger charge is 2.36. The van der Waals surface area contributed by atoms with Crippen molar-refractivity contribution in [1.29, 1.82) is 0 Å². The van der Waals surface area contributed by atoms with Crippen LogP contribution >= 0.6 is 0 Å². The van der Waals surface area contributed by atoms with Crippen molar-refractivity contribution in [2.75, 3.05) is 44.1 Å². The first-order valence-electron chi connectivity index (χ1n) is 12.2. The Kier molecular flexibility index (Phi) is 9.91. The fourth-order valence-electron chi connectivity index (χ4n) is 4.02. The zero-order valence-electron chi connectivity index (χ0n) is 21.6. The number of benzene rings is 2. The van der Waals surface area contributed by atoms with Gasteiger partial charge in [0, 0.05) is 25.0 Å². The zero-order chi connectivity index (χ0) is 26.8. The average molecular weight is 511 g/mol. The second kappa shape index (κ2) is 13.3. The average Bonchev–Trinajstić information content (AvgIpc) is 2.87. The molecule has 1 atom stereocenters. The Morgan fingerprint density at radius 1 is 1.05 bits per heavy atom. The minimum absolute atomic E-state index is 0.0888. The summed E-state index contributed by atoms with van der Waals surface area (Å²) in [4.78, 5) is 40.2. The number of nitrogens with zero attached hydrogens (tertiary/aromatic N) is 1. The summed E-state index contributed by atoms with van der Waals surface area (Å²) >= 11 is 0. The maximum absolute atomic E-state index is 13.1. The second-order valence-electron chi connectivity index (χ2n) is 8.30. The molecule has 3 N–H and O–H groups in total. The van der Waals surface area contributed by atoms with Gasteiger partial charge in [0.2, 0.25) is 0 Å². The molecular formula is C27H34N4O6. The highest BCUT2D eigenvalue weighted by atomic mass is 16.6. The second-order valence-corrected chi connectivity index (χ2v) is 8.30. The van der Waals surface area contributed by atoms with E-state index in [1.807, 2.05) is 19.9 Å². The Morgan fingerprint density at radius 3 is 2.57 bits per heavy atom. The molecule has 0 saturated carbocycles. The minimum atomic E-state index is -0.751. The van der Waals surface area contributed by atoms with Gasteiger partial charge in [-0.2, -0.15) is 0 Å².